The van der Waals surface area contributed by atoms with Gasteiger partial charge in [-0.05, 0) is 43.0 Å². The standard InChI is InChI=1S/C19H20N2O2/c22-18(15-10-4-6-12-20-15)17(14-8-2-1-3-9-14)19(23)16-11-5-7-13-21-16/h4-7,10-14,17H,1-3,8-9H2. The summed E-state index contributed by atoms with van der Waals surface area (Å²) in [6, 6.07) is 10.5. The fraction of sp³-hybridized carbons (Fsp3) is 0.368. The molecule has 23 heavy (non-hydrogen) atoms. The third kappa shape index (κ3) is 3.52. The average Bonchev–Trinajstić information content (AvgIpc) is 2.64. The van der Waals surface area contributed by atoms with Crippen molar-refractivity contribution in [3.63, 3.8) is 0 Å². The van der Waals surface area contributed by atoms with Gasteiger partial charge in [0.25, 0.3) is 0 Å². The first-order valence-corrected chi connectivity index (χ1v) is 8.18. The Morgan fingerprint density at radius 2 is 1.35 bits per heavy atom. The third-order valence-electron chi connectivity index (χ3n) is 4.52. The Bertz CT molecular complexity index is 613. The van der Waals surface area contributed by atoms with Crippen LogP contribution in [0.1, 0.15) is 53.1 Å². The number of hydrogen-bond acceptors (Lipinski definition) is 4. The van der Waals surface area contributed by atoms with Crippen LogP contribution in [-0.2, 0) is 0 Å². The van der Waals surface area contributed by atoms with E-state index in [2.05, 4.69) is 9.97 Å². The molecule has 4 heteroatoms. The van der Waals surface area contributed by atoms with Gasteiger partial charge in [-0.1, -0.05) is 31.4 Å². The van der Waals surface area contributed by atoms with Crippen LogP contribution in [0.2, 0.25) is 0 Å². The Morgan fingerprint density at radius 3 is 1.78 bits per heavy atom. The Morgan fingerprint density at radius 1 is 0.826 bits per heavy atom. The summed E-state index contributed by atoms with van der Waals surface area (Å²) in [7, 11) is 0. The molecule has 0 aliphatic heterocycles. The SMILES string of the molecule is O=C(c1ccccn1)C(C(=O)c1ccccn1)C1CCCCC1. The minimum absolute atomic E-state index is 0.0905. The van der Waals surface area contributed by atoms with Gasteiger partial charge in [0.2, 0.25) is 0 Å². The molecule has 0 radical (unpaired) electrons. The van der Waals surface area contributed by atoms with Gasteiger partial charge in [-0.3, -0.25) is 19.6 Å². The van der Waals surface area contributed by atoms with E-state index in [1.165, 1.54) is 6.42 Å². The van der Waals surface area contributed by atoms with Crippen molar-refractivity contribution in [2.45, 2.75) is 32.1 Å². The summed E-state index contributed by atoms with van der Waals surface area (Å²) >= 11 is 0. The zero-order valence-electron chi connectivity index (χ0n) is 13.0. The quantitative estimate of drug-likeness (QED) is 0.623. The van der Waals surface area contributed by atoms with E-state index in [4.69, 9.17) is 0 Å². The topological polar surface area (TPSA) is 59.9 Å². The molecule has 118 valence electrons. The second kappa shape index (κ2) is 7.27. The van der Waals surface area contributed by atoms with E-state index in [1.54, 1.807) is 48.8 Å². The first-order chi connectivity index (χ1) is 11.3. The van der Waals surface area contributed by atoms with E-state index in [-0.39, 0.29) is 17.5 Å². The van der Waals surface area contributed by atoms with Crippen LogP contribution in [0.25, 0.3) is 0 Å². The second-order valence-electron chi connectivity index (χ2n) is 6.03. The lowest BCUT2D eigenvalue weighted by Gasteiger charge is -2.28. The molecule has 1 aliphatic carbocycles. The fourth-order valence-corrected chi connectivity index (χ4v) is 3.35. The van der Waals surface area contributed by atoms with Gasteiger partial charge in [-0.2, -0.15) is 0 Å². The first-order valence-electron chi connectivity index (χ1n) is 8.18. The van der Waals surface area contributed by atoms with Crippen molar-refractivity contribution in [3.8, 4) is 0 Å². The van der Waals surface area contributed by atoms with Gasteiger partial charge in [-0.25, -0.2) is 0 Å². The molecule has 0 aromatic carbocycles. The number of carbonyl (C=O) groups is 2. The molecule has 2 heterocycles. The van der Waals surface area contributed by atoms with Crippen molar-refractivity contribution in [2.75, 3.05) is 0 Å². The Labute approximate surface area is 136 Å². The van der Waals surface area contributed by atoms with Crippen LogP contribution in [0.15, 0.2) is 48.8 Å². The van der Waals surface area contributed by atoms with Gasteiger partial charge >= 0.3 is 0 Å². The van der Waals surface area contributed by atoms with Crippen LogP contribution in [-0.4, -0.2) is 21.5 Å². The molecule has 1 fully saturated rings. The summed E-state index contributed by atoms with van der Waals surface area (Å²) in [4.78, 5) is 34.2. The summed E-state index contributed by atoms with van der Waals surface area (Å²) in [5.74, 6) is -0.922. The normalized spacial score (nSPS) is 15.5. The van der Waals surface area contributed by atoms with Crippen LogP contribution >= 0.6 is 0 Å². The molecule has 0 saturated heterocycles. The van der Waals surface area contributed by atoms with E-state index in [0.29, 0.717) is 11.4 Å². The summed E-state index contributed by atoms with van der Waals surface area (Å²) < 4.78 is 0. The van der Waals surface area contributed by atoms with E-state index in [1.807, 2.05) is 0 Å². The number of pyridine rings is 2. The van der Waals surface area contributed by atoms with Crippen LogP contribution in [0.5, 0.6) is 0 Å². The Hall–Kier alpha value is -2.36. The van der Waals surface area contributed by atoms with Gasteiger partial charge in [0, 0.05) is 12.4 Å². The zero-order chi connectivity index (χ0) is 16.1. The van der Waals surface area contributed by atoms with Gasteiger partial charge < -0.3 is 0 Å². The highest BCUT2D eigenvalue weighted by atomic mass is 16.2. The van der Waals surface area contributed by atoms with Gasteiger partial charge in [0.15, 0.2) is 11.6 Å². The zero-order valence-corrected chi connectivity index (χ0v) is 13.0. The predicted octanol–water partition coefficient (Wildman–Crippen LogP) is 3.74. The van der Waals surface area contributed by atoms with Crippen molar-refractivity contribution in [1.29, 1.82) is 0 Å². The molecule has 0 atom stereocenters. The lowest BCUT2D eigenvalue weighted by atomic mass is 9.74. The highest BCUT2D eigenvalue weighted by molar-refractivity contribution is 6.15. The van der Waals surface area contributed by atoms with Crippen molar-refractivity contribution < 1.29 is 9.59 Å². The Balaban J connectivity index is 1.93. The molecule has 0 bridgehead atoms. The Kier molecular flexibility index (Phi) is 4.91. The maximum atomic E-state index is 12.9. The molecule has 2 aromatic heterocycles. The van der Waals surface area contributed by atoms with Gasteiger partial charge in [-0.15, -0.1) is 0 Å². The number of carbonyl (C=O) groups excluding carboxylic acids is 2. The lowest BCUT2D eigenvalue weighted by molar-refractivity contribution is 0.0717. The van der Waals surface area contributed by atoms with Gasteiger partial charge in [0.05, 0.1) is 5.92 Å². The molecule has 0 spiro atoms. The minimum Gasteiger partial charge on any atom is -0.292 e. The predicted molar refractivity (Wildman–Crippen MR) is 87.2 cm³/mol. The molecule has 0 N–H and O–H groups in total. The number of Topliss-reactive ketones (excluding diaryl/α,β-unsaturated/α-hetero) is 2. The van der Waals surface area contributed by atoms with E-state index < -0.39 is 5.92 Å². The fourth-order valence-electron chi connectivity index (χ4n) is 3.35. The molecule has 1 aliphatic rings. The second-order valence-corrected chi connectivity index (χ2v) is 6.03. The molecular formula is C19H20N2O2. The molecule has 0 amide bonds. The summed E-state index contributed by atoms with van der Waals surface area (Å²) in [6.07, 6.45) is 8.35. The first kappa shape index (κ1) is 15.5. The van der Waals surface area contributed by atoms with Crippen LogP contribution in [0.4, 0.5) is 0 Å². The van der Waals surface area contributed by atoms with E-state index in [9.17, 15) is 9.59 Å². The summed E-state index contributed by atoms with van der Waals surface area (Å²) in [5, 5.41) is 0. The number of aromatic nitrogens is 2. The number of ketones is 2. The summed E-state index contributed by atoms with van der Waals surface area (Å²) in [6.45, 7) is 0. The maximum absolute atomic E-state index is 12.9. The van der Waals surface area contributed by atoms with Crippen molar-refractivity contribution >= 4 is 11.6 Å². The van der Waals surface area contributed by atoms with Crippen molar-refractivity contribution in [1.82, 2.24) is 9.97 Å². The van der Waals surface area contributed by atoms with Crippen LogP contribution < -0.4 is 0 Å². The minimum atomic E-state index is -0.667. The third-order valence-corrected chi connectivity index (χ3v) is 4.52. The van der Waals surface area contributed by atoms with Crippen LogP contribution in [0, 0.1) is 11.8 Å². The largest absolute Gasteiger partial charge is 0.292 e. The molecule has 3 rings (SSSR count). The van der Waals surface area contributed by atoms with Crippen molar-refractivity contribution in [2.24, 2.45) is 11.8 Å². The number of hydrogen-bond donors (Lipinski definition) is 0. The molecule has 2 aromatic rings. The highest BCUT2D eigenvalue weighted by Crippen LogP contribution is 2.33. The van der Waals surface area contributed by atoms with E-state index in [0.717, 1.165) is 25.7 Å². The monoisotopic (exact) mass is 308 g/mol. The summed E-state index contributed by atoms with van der Waals surface area (Å²) in [5.41, 5.74) is 0.736. The smallest absolute Gasteiger partial charge is 0.192 e. The maximum Gasteiger partial charge on any atom is 0.192 e. The number of rotatable bonds is 5. The van der Waals surface area contributed by atoms with Crippen molar-refractivity contribution in [3.05, 3.63) is 60.2 Å². The average molecular weight is 308 g/mol. The molecule has 1 saturated carbocycles. The van der Waals surface area contributed by atoms with E-state index >= 15 is 0 Å². The van der Waals surface area contributed by atoms with Gasteiger partial charge in [0.1, 0.15) is 11.4 Å². The molecular weight excluding hydrogens is 288 g/mol. The highest BCUT2D eigenvalue weighted by Gasteiger charge is 2.37. The van der Waals surface area contributed by atoms with Crippen LogP contribution in [0.3, 0.4) is 0 Å². The lowest BCUT2D eigenvalue weighted by Crippen LogP contribution is -2.34. The molecule has 4 nitrogen and oxygen atoms in total. The number of nitrogens with zero attached hydrogens (tertiary/aromatic N) is 2. The molecule has 0 unspecified atom stereocenters.